The van der Waals surface area contributed by atoms with Gasteiger partial charge in [-0.05, 0) is 36.1 Å². The molecule has 4 nitrogen and oxygen atoms in total. The Balaban J connectivity index is 1.43. The topological polar surface area (TPSA) is 41.9 Å². The van der Waals surface area contributed by atoms with Gasteiger partial charge in [-0.3, -0.25) is 14.7 Å². The van der Waals surface area contributed by atoms with E-state index in [0.717, 1.165) is 42.4 Å². The monoisotopic (exact) mass is 336 g/mol. The Morgan fingerprint density at radius 1 is 1.24 bits per heavy atom. The zero-order valence-electron chi connectivity index (χ0n) is 14.6. The number of Topliss-reactive ketones (excluding diaryl/α,β-unsaturated/α-hetero) is 1. The molecule has 0 amide bonds. The lowest BCUT2D eigenvalue weighted by Gasteiger charge is -2.33. The van der Waals surface area contributed by atoms with Crippen molar-refractivity contribution < 1.29 is 9.53 Å². The van der Waals surface area contributed by atoms with Gasteiger partial charge in [-0.1, -0.05) is 36.4 Å². The third-order valence-electron chi connectivity index (χ3n) is 5.20. The van der Waals surface area contributed by atoms with Crippen molar-refractivity contribution in [1.29, 1.82) is 0 Å². The van der Waals surface area contributed by atoms with Crippen LogP contribution in [0.25, 0.3) is 10.8 Å². The summed E-state index contributed by atoms with van der Waals surface area (Å²) in [5.74, 6) is 0.684. The third kappa shape index (κ3) is 3.65. The first-order chi connectivity index (χ1) is 12.2. The molecule has 0 aliphatic carbocycles. The Bertz CT molecular complexity index is 814. The number of hydrogen-bond acceptors (Lipinski definition) is 4. The summed E-state index contributed by atoms with van der Waals surface area (Å²) in [6.45, 7) is 6.23. The van der Waals surface area contributed by atoms with Crippen LogP contribution in [-0.4, -0.2) is 55.3 Å². The molecule has 4 heteroatoms. The Kier molecular flexibility index (Phi) is 4.64. The number of carbonyl (C=O) groups is 1. The number of ketones is 1. The second-order valence-electron chi connectivity index (χ2n) is 7.19. The second kappa shape index (κ2) is 7.06. The Hall–Kier alpha value is -2.04. The van der Waals surface area contributed by atoms with Crippen LogP contribution in [0.5, 0.6) is 0 Å². The Morgan fingerprint density at radius 2 is 2.08 bits per heavy atom. The minimum absolute atomic E-state index is 0.0919. The first-order valence-corrected chi connectivity index (χ1v) is 9.06. The van der Waals surface area contributed by atoms with E-state index in [0.29, 0.717) is 19.1 Å². The SMILES string of the molecule is CC1=NCC(CN2CCOC(C(=O)c3ccc4ccccc4c3)C2)C1. The van der Waals surface area contributed by atoms with Gasteiger partial charge in [-0.25, -0.2) is 0 Å². The minimum atomic E-state index is -0.363. The zero-order chi connectivity index (χ0) is 17.2. The molecule has 0 spiro atoms. The van der Waals surface area contributed by atoms with Gasteiger partial charge >= 0.3 is 0 Å². The molecular formula is C21H24N2O2. The van der Waals surface area contributed by atoms with Gasteiger partial charge in [-0.15, -0.1) is 0 Å². The maximum absolute atomic E-state index is 12.9. The molecule has 2 aliphatic heterocycles. The minimum Gasteiger partial charge on any atom is -0.367 e. The molecule has 2 unspecified atom stereocenters. The second-order valence-corrected chi connectivity index (χ2v) is 7.19. The molecule has 1 saturated heterocycles. The molecule has 2 atom stereocenters. The summed E-state index contributed by atoms with van der Waals surface area (Å²) in [4.78, 5) is 19.8. The predicted molar refractivity (Wildman–Crippen MR) is 101 cm³/mol. The molecule has 2 aliphatic rings. The lowest BCUT2D eigenvalue weighted by molar-refractivity contribution is -0.0198. The van der Waals surface area contributed by atoms with Crippen LogP contribution in [0.15, 0.2) is 47.5 Å². The summed E-state index contributed by atoms with van der Waals surface area (Å²) in [6.07, 6.45) is 0.721. The predicted octanol–water partition coefficient (Wildman–Crippen LogP) is 3.20. The molecule has 4 rings (SSSR count). The van der Waals surface area contributed by atoms with Gasteiger partial charge in [0.15, 0.2) is 5.78 Å². The van der Waals surface area contributed by atoms with Crippen molar-refractivity contribution >= 4 is 22.3 Å². The van der Waals surface area contributed by atoms with E-state index in [-0.39, 0.29) is 11.9 Å². The summed E-state index contributed by atoms with van der Waals surface area (Å²) < 4.78 is 5.80. The molecule has 0 N–H and O–H groups in total. The van der Waals surface area contributed by atoms with Crippen molar-refractivity contribution in [2.75, 3.05) is 32.8 Å². The summed E-state index contributed by atoms with van der Waals surface area (Å²) >= 11 is 0. The van der Waals surface area contributed by atoms with Crippen LogP contribution in [0.1, 0.15) is 23.7 Å². The van der Waals surface area contributed by atoms with E-state index in [1.165, 1.54) is 5.71 Å². The normalized spacial score (nSPS) is 24.4. The van der Waals surface area contributed by atoms with Gasteiger partial charge in [0.25, 0.3) is 0 Å². The van der Waals surface area contributed by atoms with Crippen molar-refractivity contribution in [2.45, 2.75) is 19.4 Å². The molecule has 2 aromatic carbocycles. The summed E-state index contributed by atoms with van der Waals surface area (Å²) in [5.41, 5.74) is 1.99. The number of hydrogen-bond donors (Lipinski definition) is 0. The summed E-state index contributed by atoms with van der Waals surface area (Å²) in [7, 11) is 0. The summed E-state index contributed by atoms with van der Waals surface area (Å²) in [6, 6.07) is 14.0. The van der Waals surface area contributed by atoms with Gasteiger partial charge < -0.3 is 4.74 Å². The van der Waals surface area contributed by atoms with Crippen molar-refractivity contribution in [2.24, 2.45) is 10.9 Å². The van der Waals surface area contributed by atoms with Crippen LogP contribution in [0.2, 0.25) is 0 Å². The van der Waals surface area contributed by atoms with Gasteiger partial charge in [-0.2, -0.15) is 0 Å². The Morgan fingerprint density at radius 3 is 2.88 bits per heavy atom. The van der Waals surface area contributed by atoms with Crippen LogP contribution in [0, 0.1) is 5.92 Å². The molecule has 0 bridgehead atoms. The maximum Gasteiger partial charge on any atom is 0.192 e. The van der Waals surface area contributed by atoms with Gasteiger partial charge in [0, 0.05) is 37.5 Å². The average Bonchev–Trinajstić information content (AvgIpc) is 3.05. The quantitative estimate of drug-likeness (QED) is 0.805. The molecular weight excluding hydrogens is 312 g/mol. The highest BCUT2D eigenvalue weighted by molar-refractivity contribution is 6.02. The maximum atomic E-state index is 12.9. The zero-order valence-corrected chi connectivity index (χ0v) is 14.6. The number of nitrogens with zero attached hydrogens (tertiary/aromatic N) is 2. The molecule has 25 heavy (non-hydrogen) atoms. The number of morpholine rings is 1. The van der Waals surface area contributed by atoms with Gasteiger partial charge in [0.2, 0.25) is 0 Å². The number of fused-ring (bicyclic) bond motifs is 1. The Labute approximate surface area is 148 Å². The lowest BCUT2D eigenvalue weighted by Crippen LogP contribution is -2.47. The van der Waals surface area contributed by atoms with Crippen molar-refractivity contribution in [3.8, 4) is 0 Å². The van der Waals surface area contributed by atoms with Crippen LogP contribution < -0.4 is 0 Å². The third-order valence-corrected chi connectivity index (χ3v) is 5.20. The van der Waals surface area contributed by atoms with Crippen LogP contribution in [0.4, 0.5) is 0 Å². The van der Waals surface area contributed by atoms with E-state index in [4.69, 9.17) is 4.74 Å². The highest BCUT2D eigenvalue weighted by Gasteiger charge is 2.29. The molecule has 1 fully saturated rings. The average molecular weight is 336 g/mol. The molecule has 2 heterocycles. The van der Waals surface area contributed by atoms with Gasteiger partial charge in [0.1, 0.15) is 6.10 Å². The van der Waals surface area contributed by atoms with E-state index < -0.39 is 0 Å². The first kappa shape index (κ1) is 16.4. The van der Waals surface area contributed by atoms with Gasteiger partial charge in [0.05, 0.1) is 6.61 Å². The van der Waals surface area contributed by atoms with Crippen molar-refractivity contribution in [3.63, 3.8) is 0 Å². The molecule has 2 aromatic rings. The van der Waals surface area contributed by atoms with Crippen LogP contribution in [0.3, 0.4) is 0 Å². The lowest BCUT2D eigenvalue weighted by atomic mass is 10.00. The molecule has 0 saturated carbocycles. The van der Waals surface area contributed by atoms with Crippen LogP contribution >= 0.6 is 0 Å². The number of ether oxygens (including phenoxy) is 1. The van der Waals surface area contributed by atoms with E-state index in [1.807, 2.05) is 36.4 Å². The highest BCUT2D eigenvalue weighted by Crippen LogP contribution is 2.20. The van der Waals surface area contributed by atoms with E-state index in [9.17, 15) is 4.79 Å². The first-order valence-electron chi connectivity index (χ1n) is 9.06. The van der Waals surface area contributed by atoms with Crippen molar-refractivity contribution in [3.05, 3.63) is 48.0 Å². The molecule has 0 radical (unpaired) electrons. The fourth-order valence-electron chi connectivity index (χ4n) is 3.87. The fraction of sp³-hybridized carbons (Fsp3) is 0.429. The number of rotatable bonds is 4. The smallest absolute Gasteiger partial charge is 0.192 e. The van der Waals surface area contributed by atoms with E-state index >= 15 is 0 Å². The highest BCUT2D eigenvalue weighted by atomic mass is 16.5. The van der Waals surface area contributed by atoms with E-state index in [2.05, 4.69) is 22.9 Å². The number of carbonyl (C=O) groups excluding carboxylic acids is 1. The number of aliphatic imine (C=N–C) groups is 1. The fourth-order valence-corrected chi connectivity index (χ4v) is 3.87. The van der Waals surface area contributed by atoms with Crippen molar-refractivity contribution in [1.82, 2.24) is 4.90 Å². The standard InChI is InChI=1S/C21H24N2O2/c1-15-10-16(12-22-15)13-23-8-9-25-20(14-23)21(24)19-7-6-17-4-2-3-5-18(17)11-19/h2-7,11,16,20H,8-10,12-14H2,1H3. The summed E-state index contributed by atoms with van der Waals surface area (Å²) in [5, 5.41) is 2.25. The largest absolute Gasteiger partial charge is 0.367 e. The molecule has 130 valence electrons. The number of benzene rings is 2. The van der Waals surface area contributed by atoms with Crippen LogP contribution in [-0.2, 0) is 4.74 Å². The molecule has 0 aromatic heterocycles. The van der Waals surface area contributed by atoms with E-state index in [1.54, 1.807) is 0 Å².